The van der Waals surface area contributed by atoms with E-state index in [9.17, 15) is 4.79 Å². The molecule has 1 fully saturated rings. The monoisotopic (exact) mass is 269 g/mol. The minimum absolute atomic E-state index is 0.179. The van der Waals surface area contributed by atoms with Crippen LogP contribution in [0.2, 0.25) is 5.02 Å². The molecule has 0 aliphatic carbocycles. The molecule has 1 aromatic heterocycles. The molecule has 98 valence electrons. The van der Waals surface area contributed by atoms with Crippen molar-refractivity contribution in [1.29, 1.82) is 0 Å². The van der Waals surface area contributed by atoms with Crippen molar-refractivity contribution in [2.75, 3.05) is 39.4 Å². The van der Waals surface area contributed by atoms with Gasteiger partial charge in [0.2, 0.25) is 0 Å². The topological polar surface area (TPSA) is 54.5 Å². The maximum Gasteiger partial charge on any atom is 0.254 e. The van der Waals surface area contributed by atoms with Crippen LogP contribution in [0.1, 0.15) is 10.4 Å². The molecular formula is C12H16ClN3O2. The van der Waals surface area contributed by atoms with Gasteiger partial charge in [-0.3, -0.25) is 14.7 Å². The number of nitrogens with zero attached hydrogens (tertiary/aromatic N) is 2. The molecule has 2 rings (SSSR count). The minimum atomic E-state index is -0.179. The highest BCUT2D eigenvalue weighted by molar-refractivity contribution is 6.33. The van der Waals surface area contributed by atoms with Gasteiger partial charge in [0.25, 0.3) is 5.91 Å². The van der Waals surface area contributed by atoms with E-state index in [0.29, 0.717) is 17.1 Å². The highest BCUT2D eigenvalue weighted by Crippen LogP contribution is 2.12. The lowest BCUT2D eigenvalue weighted by atomic mass is 10.2. The number of ether oxygens (including phenoxy) is 1. The fourth-order valence-electron chi connectivity index (χ4n) is 1.79. The first kappa shape index (κ1) is 13.3. The SMILES string of the molecule is O=C(NCCN1CCOCC1)c1cnccc1Cl. The van der Waals surface area contributed by atoms with Crippen LogP contribution in [0.5, 0.6) is 0 Å². The number of hydrogen-bond acceptors (Lipinski definition) is 4. The van der Waals surface area contributed by atoms with Gasteiger partial charge in [-0.05, 0) is 6.07 Å². The fourth-order valence-corrected chi connectivity index (χ4v) is 1.98. The van der Waals surface area contributed by atoms with Crippen molar-refractivity contribution < 1.29 is 9.53 Å². The maximum absolute atomic E-state index is 11.8. The second kappa shape index (κ2) is 6.68. The van der Waals surface area contributed by atoms with E-state index in [0.717, 1.165) is 32.8 Å². The Balaban J connectivity index is 1.76. The summed E-state index contributed by atoms with van der Waals surface area (Å²) in [6.45, 7) is 4.80. The summed E-state index contributed by atoms with van der Waals surface area (Å²) in [5, 5.41) is 3.27. The molecule has 1 N–H and O–H groups in total. The number of aromatic nitrogens is 1. The summed E-state index contributed by atoms with van der Waals surface area (Å²) >= 11 is 5.92. The van der Waals surface area contributed by atoms with Gasteiger partial charge >= 0.3 is 0 Å². The second-order valence-electron chi connectivity index (χ2n) is 4.07. The van der Waals surface area contributed by atoms with Crippen molar-refractivity contribution in [2.45, 2.75) is 0 Å². The molecule has 0 spiro atoms. The molecule has 1 saturated heterocycles. The Bertz CT molecular complexity index is 408. The van der Waals surface area contributed by atoms with Crippen molar-refractivity contribution in [3.05, 3.63) is 29.0 Å². The van der Waals surface area contributed by atoms with Crippen molar-refractivity contribution in [3.8, 4) is 0 Å². The highest BCUT2D eigenvalue weighted by Gasteiger charge is 2.12. The molecule has 5 nitrogen and oxygen atoms in total. The van der Waals surface area contributed by atoms with Crippen LogP contribution in [-0.2, 0) is 4.74 Å². The Morgan fingerprint density at radius 2 is 2.28 bits per heavy atom. The number of morpholine rings is 1. The molecule has 1 amide bonds. The summed E-state index contributed by atoms with van der Waals surface area (Å²) in [4.78, 5) is 18.0. The van der Waals surface area contributed by atoms with Crippen LogP contribution < -0.4 is 5.32 Å². The Hall–Kier alpha value is -1.17. The van der Waals surface area contributed by atoms with Crippen molar-refractivity contribution in [2.24, 2.45) is 0 Å². The van der Waals surface area contributed by atoms with Crippen molar-refractivity contribution >= 4 is 17.5 Å². The van der Waals surface area contributed by atoms with Crippen LogP contribution in [0.25, 0.3) is 0 Å². The fraction of sp³-hybridized carbons (Fsp3) is 0.500. The molecule has 1 aliphatic heterocycles. The molecule has 0 atom stereocenters. The second-order valence-corrected chi connectivity index (χ2v) is 4.47. The van der Waals surface area contributed by atoms with Crippen LogP contribution in [0.4, 0.5) is 0 Å². The van der Waals surface area contributed by atoms with E-state index in [-0.39, 0.29) is 5.91 Å². The van der Waals surface area contributed by atoms with E-state index >= 15 is 0 Å². The number of amides is 1. The van der Waals surface area contributed by atoms with E-state index in [4.69, 9.17) is 16.3 Å². The lowest BCUT2D eigenvalue weighted by molar-refractivity contribution is 0.0383. The van der Waals surface area contributed by atoms with E-state index in [2.05, 4.69) is 15.2 Å². The molecule has 0 bridgehead atoms. The van der Waals surface area contributed by atoms with E-state index in [1.54, 1.807) is 12.3 Å². The average molecular weight is 270 g/mol. The van der Waals surface area contributed by atoms with Gasteiger partial charge in [-0.1, -0.05) is 11.6 Å². The molecule has 0 aromatic carbocycles. The van der Waals surface area contributed by atoms with Crippen molar-refractivity contribution in [1.82, 2.24) is 15.2 Å². The third-order valence-electron chi connectivity index (χ3n) is 2.83. The molecule has 6 heteroatoms. The number of hydrogen-bond donors (Lipinski definition) is 1. The Morgan fingerprint density at radius 1 is 1.50 bits per heavy atom. The maximum atomic E-state index is 11.8. The highest BCUT2D eigenvalue weighted by atomic mass is 35.5. The summed E-state index contributed by atoms with van der Waals surface area (Å²) in [6, 6.07) is 1.61. The average Bonchev–Trinajstić information content (AvgIpc) is 2.40. The zero-order valence-corrected chi connectivity index (χ0v) is 10.8. The zero-order valence-electron chi connectivity index (χ0n) is 10.1. The summed E-state index contributed by atoms with van der Waals surface area (Å²) in [6.07, 6.45) is 3.04. The summed E-state index contributed by atoms with van der Waals surface area (Å²) in [5.41, 5.74) is 0.418. The van der Waals surface area contributed by atoms with Gasteiger partial charge in [0, 0.05) is 38.6 Å². The first-order chi connectivity index (χ1) is 8.77. The first-order valence-electron chi connectivity index (χ1n) is 5.95. The lowest BCUT2D eigenvalue weighted by Gasteiger charge is -2.26. The van der Waals surface area contributed by atoms with Gasteiger partial charge in [-0.2, -0.15) is 0 Å². The van der Waals surface area contributed by atoms with Gasteiger partial charge in [0.15, 0.2) is 0 Å². The number of rotatable bonds is 4. The Kier molecular flexibility index (Phi) is 4.92. The number of nitrogens with one attached hydrogen (secondary N) is 1. The molecule has 2 heterocycles. The largest absolute Gasteiger partial charge is 0.379 e. The normalized spacial score (nSPS) is 16.5. The lowest BCUT2D eigenvalue weighted by Crippen LogP contribution is -2.41. The molecule has 18 heavy (non-hydrogen) atoms. The number of carbonyl (C=O) groups is 1. The van der Waals surface area contributed by atoms with E-state index in [1.807, 2.05) is 0 Å². The summed E-state index contributed by atoms with van der Waals surface area (Å²) < 4.78 is 5.26. The Morgan fingerprint density at radius 3 is 3.00 bits per heavy atom. The predicted molar refractivity (Wildman–Crippen MR) is 68.8 cm³/mol. The number of carbonyl (C=O) groups excluding carboxylic acids is 1. The molecule has 1 aromatic rings. The predicted octanol–water partition coefficient (Wildman–Crippen LogP) is 0.797. The van der Waals surface area contributed by atoms with Crippen LogP contribution in [0.15, 0.2) is 18.5 Å². The van der Waals surface area contributed by atoms with E-state index in [1.165, 1.54) is 6.20 Å². The number of halogens is 1. The van der Waals surface area contributed by atoms with Gasteiger partial charge in [-0.15, -0.1) is 0 Å². The van der Waals surface area contributed by atoms with Crippen LogP contribution in [-0.4, -0.2) is 55.2 Å². The smallest absolute Gasteiger partial charge is 0.254 e. The molecular weight excluding hydrogens is 254 g/mol. The molecule has 0 radical (unpaired) electrons. The summed E-state index contributed by atoms with van der Waals surface area (Å²) in [5.74, 6) is -0.179. The standard InChI is InChI=1S/C12H16ClN3O2/c13-11-1-2-14-9-10(11)12(17)15-3-4-16-5-7-18-8-6-16/h1-2,9H,3-8H2,(H,15,17). The van der Waals surface area contributed by atoms with Crippen LogP contribution >= 0.6 is 11.6 Å². The summed E-state index contributed by atoms with van der Waals surface area (Å²) in [7, 11) is 0. The number of pyridine rings is 1. The van der Waals surface area contributed by atoms with Crippen LogP contribution in [0.3, 0.4) is 0 Å². The molecule has 0 unspecified atom stereocenters. The molecule has 0 saturated carbocycles. The third-order valence-corrected chi connectivity index (χ3v) is 3.16. The zero-order chi connectivity index (χ0) is 12.8. The van der Waals surface area contributed by atoms with Crippen molar-refractivity contribution in [3.63, 3.8) is 0 Å². The van der Waals surface area contributed by atoms with Gasteiger partial charge in [0.1, 0.15) is 0 Å². The molecule has 1 aliphatic rings. The van der Waals surface area contributed by atoms with Gasteiger partial charge < -0.3 is 10.1 Å². The third kappa shape index (κ3) is 3.66. The Labute approximate surface area is 111 Å². The van der Waals surface area contributed by atoms with Gasteiger partial charge in [-0.25, -0.2) is 0 Å². The quantitative estimate of drug-likeness (QED) is 0.878. The van der Waals surface area contributed by atoms with E-state index < -0.39 is 0 Å². The van der Waals surface area contributed by atoms with Gasteiger partial charge in [0.05, 0.1) is 23.8 Å². The van der Waals surface area contributed by atoms with Crippen LogP contribution in [0, 0.1) is 0 Å². The minimum Gasteiger partial charge on any atom is -0.379 e. The first-order valence-corrected chi connectivity index (χ1v) is 6.33.